The lowest BCUT2D eigenvalue weighted by atomic mass is 10.0. The number of carbonyl (C=O) groups excluding carboxylic acids is 1. The molecule has 0 saturated carbocycles. The fraction of sp³-hybridized carbons (Fsp3) is 0.667. The van der Waals surface area contributed by atoms with Crippen molar-refractivity contribution in [1.82, 2.24) is 0 Å². The van der Waals surface area contributed by atoms with E-state index in [0.717, 1.165) is 0 Å². The molecule has 94 valence electrons. The van der Waals surface area contributed by atoms with Crippen LogP contribution in [-0.4, -0.2) is 62.7 Å². The summed E-state index contributed by atoms with van der Waals surface area (Å²) in [6.07, 6.45) is -5.38. The minimum Gasteiger partial charge on any atom is -0.459 e. The van der Waals surface area contributed by atoms with Crippen LogP contribution in [0, 0.1) is 0 Å². The van der Waals surface area contributed by atoms with Gasteiger partial charge in [-0.05, 0) is 0 Å². The SMILES string of the molecule is C=CCOC(=O)[C@@H](O)[C@H](O)[C@H](O)[C@@H](O)CBr. The Morgan fingerprint density at radius 1 is 1.31 bits per heavy atom. The van der Waals surface area contributed by atoms with E-state index in [9.17, 15) is 20.1 Å². The van der Waals surface area contributed by atoms with Gasteiger partial charge in [-0.1, -0.05) is 28.6 Å². The van der Waals surface area contributed by atoms with E-state index >= 15 is 0 Å². The van der Waals surface area contributed by atoms with Crippen molar-refractivity contribution < 1.29 is 30.0 Å². The van der Waals surface area contributed by atoms with Gasteiger partial charge < -0.3 is 25.2 Å². The summed E-state index contributed by atoms with van der Waals surface area (Å²) in [4.78, 5) is 11.1. The Morgan fingerprint density at radius 2 is 1.88 bits per heavy atom. The summed E-state index contributed by atoms with van der Waals surface area (Å²) < 4.78 is 4.47. The molecule has 7 heteroatoms. The second kappa shape index (κ2) is 7.75. The van der Waals surface area contributed by atoms with Crippen LogP contribution in [0.3, 0.4) is 0 Å². The lowest BCUT2D eigenvalue weighted by Gasteiger charge is -2.24. The van der Waals surface area contributed by atoms with Crippen molar-refractivity contribution in [1.29, 1.82) is 0 Å². The van der Waals surface area contributed by atoms with Gasteiger partial charge in [0.05, 0.1) is 6.10 Å². The molecule has 0 aliphatic carbocycles. The van der Waals surface area contributed by atoms with Crippen LogP contribution in [0.4, 0.5) is 0 Å². The summed E-state index contributed by atoms with van der Waals surface area (Å²) in [5.41, 5.74) is 0. The third-order valence-corrected chi connectivity index (χ3v) is 2.47. The van der Waals surface area contributed by atoms with Gasteiger partial charge in [-0.2, -0.15) is 0 Å². The molecule has 0 spiro atoms. The number of alkyl halides is 1. The van der Waals surface area contributed by atoms with Crippen LogP contribution in [-0.2, 0) is 9.53 Å². The van der Waals surface area contributed by atoms with Gasteiger partial charge >= 0.3 is 5.97 Å². The highest BCUT2D eigenvalue weighted by atomic mass is 79.9. The Balaban J connectivity index is 4.30. The standard InChI is InChI=1S/C9H15BrO6/c1-2-3-16-9(15)8(14)7(13)6(12)5(11)4-10/h2,5-8,11-14H,1,3-4H2/t5-,6+,7+,8-/m0/s1. The van der Waals surface area contributed by atoms with Gasteiger partial charge in [-0.3, -0.25) is 0 Å². The Morgan fingerprint density at radius 3 is 2.31 bits per heavy atom. The molecule has 0 heterocycles. The van der Waals surface area contributed by atoms with Crippen molar-refractivity contribution in [2.75, 3.05) is 11.9 Å². The van der Waals surface area contributed by atoms with Gasteiger partial charge in [0, 0.05) is 5.33 Å². The topological polar surface area (TPSA) is 107 Å². The number of esters is 1. The number of hydrogen-bond acceptors (Lipinski definition) is 6. The Hall–Kier alpha value is -0.470. The first-order chi connectivity index (χ1) is 7.45. The lowest BCUT2D eigenvalue weighted by molar-refractivity contribution is -0.167. The second-order valence-corrected chi connectivity index (χ2v) is 3.71. The first-order valence-corrected chi connectivity index (χ1v) is 5.63. The summed E-state index contributed by atoms with van der Waals surface area (Å²) in [5.74, 6) is -1.09. The van der Waals surface area contributed by atoms with Crippen LogP contribution in [0.15, 0.2) is 12.7 Å². The van der Waals surface area contributed by atoms with Gasteiger partial charge in [0.2, 0.25) is 0 Å². The molecule has 4 N–H and O–H groups in total. The number of aliphatic hydroxyl groups is 4. The molecule has 0 radical (unpaired) electrons. The van der Waals surface area contributed by atoms with E-state index in [0.29, 0.717) is 0 Å². The predicted octanol–water partition coefficient (Wildman–Crippen LogP) is -1.45. The fourth-order valence-corrected chi connectivity index (χ4v) is 1.25. The number of ether oxygens (including phenoxy) is 1. The first-order valence-electron chi connectivity index (χ1n) is 4.51. The lowest BCUT2D eigenvalue weighted by Crippen LogP contribution is -2.48. The monoisotopic (exact) mass is 298 g/mol. The molecule has 0 rings (SSSR count). The molecule has 0 aromatic carbocycles. The van der Waals surface area contributed by atoms with E-state index in [1.807, 2.05) is 0 Å². The maximum Gasteiger partial charge on any atom is 0.338 e. The van der Waals surface area contributed by atoms with E-state index in [2.05, 4.69) is 27.2 Å². The highest BCUT2D eigenvalue weighted by Gasteiger charge is 2.34. The van der Waals surface area contributed by atoms with E-state index < -0.39 is 30.4 Å². The molecule has 0 unspecified atom stereocenters. The summed E-state index contributed by atoms with van der Waals surface area (Å²) >= 11 is 2.88. The molecular formula is C9H15BrO6. The minimum atomic E-state index is -1.91. The minimum absolute atomic E-state index is 0.000345. The highest BCUT2D eigenvalue weighted by molar-refractivity contribution is 9.09. The normalized spacial score (nSPS) is 18.3. The summed E-state index contributed by atoms with van der Waals surface area (Å²) in [5, 5.41) is 37.1. The third kappa shape index (κ3) is 4.58. The van der Waals surface area contributed by atoms with Crippen LogP contribution in [0.2, 0.25) is 0 Å². The van der Waals surface area contributed by atoms with Crippen molar-refractivity contribution in [2.45, 2.75) is 24.4 Å². The maximum atomic E-state index is 11.1. The van der Waals surface area contributed by atoms with Crippen molar-refractivity contribution >= 4 is 21.9 Å². The smallest absolute Gasteiger partial charge is 0.338 e. The van der Waals surface area contributed by atoms with Crippen molar-refractivity contribution in [3.05, 3.63) is 12.7 Å². The van der Waals surface area contributed by atoms with Crippen LogP contribution >= 0.6 is 15.9 Å². The number of halogens is 1. The molecule has 4 atom stereocenters. The largest absolute Gasteiger partial charge is 0.459 e. The van der Waals surface area contributed by atoms with Gasteiger partial charge in [-0.25, -0.2) is 4.79 Å². The van der Waals surface area contributed by atoms with Crippen molar-refractivity contribution in [2.24, 2.45) is 0 Å². The molecule has 16 heavy (non-hydrogen) atoms. The molecule has 0 amide bonds. The molecular weight excluding hydrogens is 284 g/mol. The van der Waals surface area contributed by atoms with Crippen LogP contribution in [0.5, 0.6) is 0 Å². The quantitative estimate of drug-likeness (QED) is 0.260. The van der Waals surface area contributed by atoms with Crippen molar-refractivity contribution in [3.63, 3.8) is 0 Å². The molecule has 0 aromatic heterocycles. The zero-order chi connectivity index (χ0) is 12.7. The molecule has 0 saturated heterocycles. The van der Waals surface area contributed by atoms with Gasteiger partial charge in [0.15, 0.2) is 6.10 Å². The predicted molar refractivity (Wildman–Crippen MR) is 59.0 cm³/mol. The third-order valence-electron chi connectivity index (χ3n) is 1.81. The summed E-state index contributed by atoms with van der Waals surface area (Å²) in [7, 11) is 0. The number of rotatable bonds is 7. The molecule has 0 aliphatic heterocycles. The molecule has 0 bridgehead atoms. The van der Waals surface area contributed by atoms with E-state index in [-0.39, 0.29) is 11.9 Å². The number of hydrogen-bond donors (Lipinski definition) is 4. The summed E-state index contributed by atoms with van der Waals surface area (Å²) in [6.45, 7) is 3.19. The zero-order valence-corrected chi connectivity index (χ0v) is 10.1. The maximum absolute atomic E-state index is 11.1. The number of aliphatic hydroxyl groups excluding tert-OH is 4. The Bertz CT molecular complexity index is 234. The van der Waals surface area contributed by atoms with Crippen molar-refractivity contribution in [3.8, 4) is 0 Å². The molecule has 0 fully saturated rings. The van der Waals surface area contributed by atoms with E-state index in [1.165, 1.54) is 6.08 Å². The molecule has 6 nitrogen and oxygen atoms in total. The highest BCUT2D eigenvalue weighted by Crippen LogP contribution is 2.08. The Labute approximate surface area is 101 Å². The van der Waals surface area contributed by atoms with E-state index in [4.69, 9.17) is 5.11 Å². The first kappa shape index (κ1) is 15.5. The Kier molecular flexibility index (Phi) is 7.52. The second-order valence-electron chi connectivity index (χ2n) is 3.07. The van der Waals surface area contributed by atoms with E-state index in [1.54, 1.807) is 0 Å². The molecule has 0 aliphatic rings. The molecule has 0 aromatic rings. The van der Waals surface area contributed by atoms with Gasteiger partial charge in [-0.15, -0.1) is 0 Å². The van der Waals surface area contributed by atoms with Crippen LogP contribution < -0.4 is 0 Å². The van der Waals surface area contributed by atoms with Crippen LogP contribution in [0.1, 0.15) is 0 Å². The summed E-state index contributed by atoms with van der Waals surface area (Å²) in [6, 6.07) is 0. The van der Waals surface area contributed by atoms with Gasteiger partial charge in [0.1, 0.15) is 18.8 Å². The van der Waals surface area contributed by atoms with Gasteiger partial charge in [0.25, 0.3) is 0 Å². The zero-order valence-electron chi connectivity index (χ0n) is 8.49. The number of carbonyl (C=O) groups is 1. The average Bonchev–Trinajstić information content (AvgIpc) is 2.31. The fourth-order valence-electron chi connectivity index (χ4n) is 0.872. The average molecular weight is 299 g/mol. The van der Waals surface area contributed by atoms with Crippen LogP contribution in [0.25, 0.3) is 0 Å².